The Morgan fingerprint density at radius 2 is 1.77 bits per heavy atom. The van der Waals surface area contributed by atoms with E-state index in [2.05, 4.69) is 20.2 Å². The number of hydrogen-bond acceptors (Lipinski definition) is 5. The van der Waals surface area contributed by atoms with Gasteiger partial charge in [-0.2, -0.15) is 0 Å². The summed E-state index contributed by atoms with van der Waals surface area (Å²) in [6.07, 6.45) is 7.62. The highest BCUT2D eigenvalue weighted by atomic mass is 35.5. The zero-order valence-corrected chi connectivity index (χ0v) is 19.4. The van der Waals surface area contributed by atoms with Crippen molar-refractivity contribution in [1.82, 2.24) is 14.9 Å². The van der Waals surface area contributed by atoms with Gasteiger partial charge in [0.05, 0.1) is 5.39 Å². The van der Waals surface area contributed by atoms with E-state index < -0.39 is 5.92 Å². The maximum atomic E-state index is 13.4. The van der Waals surface area contributed by atoms with Gasteiger partial charge in [0.1, 0.15) is 10.6 Å². The number of likely N-dealkylation sites (tertiary alicyclic amines) is 1. The van der Waals surface area contributed by atoms with Gasteiger partial charge in [0.25, 0.3) is 5.92 Å². The molecular formula is C22H31ClF2N4S. The fourth-order valence-corrected chi connectivity index (χ4v) is 6.55. The second-order valence-electron chi connectivity index (χ2n) is 8.42. The van der Waals surface area contributed by atoms with Crippen LogP contribution in [-0.2, 0) is 12.8 Å². The molecule has 5 rings (SSSR count). The molecule has 1 saturated carbocycles. The first-order chi connectivity index (χ1) is 14.5. The van der Waals surface area contributed by atoms with Crippen LogP contribution in [0.25, 0.3) is 10.2 Å². The zero-order chi connectivity index (χ0) is 21.3. The summed E-state index contributed by atoms with van der Waals surface area (Å²) in [7, 11) is 0. The van der Waals surface area contributed by atoms with Crippen LogP contribution < -0.4 is 5.32 Å². The van der Waals surface area contributed by atoms with E-state index in [0.29, 0.717) is 30.5 Å². The van der Waals surface area contributed by atoms with Gasteiger partial charge in [-0.25, -0.2) is 18.7 Å². The van der Waals surface area contributed by atoms with E-state index in [4.69, 9.17) is 11.6 Å². The van der Waals surface area contributed by atoms with Crippen LogP contribution in [0.15, 0.2) is 0 Å². The van der Waals surface area contributed by atoms with Crippen molar-refractivity contribution >= 4 is 39.0 Å². The summed E-state index contributed by atoms with van der Waals surface area (Å²) >= 11 is 7.94. The van der Waals surface area contributed by atoms with E-state index in [9.17, 15) is 8.78 Å². The molecular weight excluding hydrogens is 426 g/mol. The third-order valence-corrected chi connectivity index (χ3v) is 7.98. The molecule has 2 aliphatic carbocycles. The van der Waals surface area contributed by atoms with Gasteiger partial charge in [0, 0.05) is 42.9 Å². The Morgan fingerprint density at radius 1 is 1.07 bits per heavy atom. The Hall–Kier alpha value is -1.05. The molecule has 2 fully saturated rings. The van der Waals surface area contributed by atoms with Gasteiger partial charge in [-0.1, -0.05) is 13.8 Å². The number of alkyl halides is 2. The number of anilines is 1. The topological polar surface area (TPSA) is 41.0 Å². The molecule has 0 spiro atoms. The molecule has 8 heteroatoms. The highest BCUT2D eigenvalue weighted by molar-refractivity contribution is 7.19. The van der Waals surface area contributed by atoms with E-state index in [1.807, 2.05) is 13.8 Å². The minimum absolute atomic E-state index is 0.00581. The first-order valence-electron chi connectivity index (χ1n) is 11.3. The minimum atomic E-state index is -2.46. The first-order valence-corrected chi connectivity index (χ1v) is 12.5. The lowest BCUT2D eigenvalue weighted by Crippen LogP contribution is -2.47. The Labute approximate surface area is 186 Å². The molecule has 1 N–H and O–H groups in total. The molecule has 4 nitrogen and oxygen atoms in total. The van der Waals surface area contributed by atoms with E-state index >= 15 is 0 Å². The third-order valence-electron chi connectivity index (χ3n) is 6.62. The van der Waals surface area contributed by atoms with Crippen LogP contribution in [0.3, 0.4) is 0 Å². The SMILES string of the molecule is CC.FC1(F)CCN(C2CCC(Nc3nc(Cl)nc4sc5c(c34)CCC5)CC2)CC1. The molecule has 2 aromatic rings. The average Bonchev–Trinajstić information content (AvgIpc) is 3.31. The average molecular weight is 457 g/mol. The maximum absolute atomic E-state index is 13.4. The number of nitrogens with zero attached hydrogens (tertiary/aromatic N) is 3. The smallest absolute Gasteiger partial charge is 0.250 e. The quantitative estimate of drug-likeness (QED) is 0.549. The Morgan fingerprint density at radius 3 is 2.47 bits per heavy atom. The molecule has 0 aromatic carbocycles. The van der Waals surface area contributed by atoms with Crippen LogP contribution in [0.4, 0.5) is 14.6 Å². The van der Waals surface area contributed by atoms with Gasteiger partial charge >= 0.3 is 0 Å². The molecule has 0 unspecified atom stereocenters. The number of halogens is 3. The van der Waals surface area contributed by atoms with Gasteiger partial charge in [0.15, 0.2) is 0 Å². The largest absolute Gasteiger partial charge is 0.367 e. The van der Waals surface area contributed by atoms with Crippen LogP contribution >= 0.6 is 22.9 Å². The van der Waals surface area contributed by atoms with E-state index in [1.54, 1.807) is 11.3 Å². The number of aryl methyl sites for hydroxylation is 2. The minimum Gasteiger partial charge on any atom is -0.367 e. The molecule has 0 atom stereocenters. The van der Waals surface area contributed by atoms with Crippen LogP contribution in [0.5, 0.6) is 0 Å². The fourth-order valence-electron chi connectivity index (χ4n) is 5.07. The lowest BCUT2D eigenvalue weighted by Gasteiger charge is -2.40. The normalized spacial score (nSPS) is 26.2. The zero-order valence-electron chi connectivity index (χ0n) is 17.8. The second kappa shape index (κ2) is 9.21. The monoisotopic (exact) mass is 456 g/mol. The highest BCUT2D eigenvalue weighted by Crippen LogP contribution is 2.41. The molecule has 0 amide bonds. The van der Waals surface area contributed by atoms with Gasteiger partial charge in [-0.05, 0) is 62.1 Å². The second-order valence-corrected chi connectivity index (χ2v) is 9.84. The first kappa shape index (κ1) is 22.2. The van der Waals surface area contributed by atoms with Crippen molar-refractivity contribution in [2.45, 2.75) is 89.6 Å². The van der Waals surface area contributed by atoms with E-state index in [1.165, 1.54) is 22.2 Å². The van der Waals surface area contributed by atoms with Crippen molar-refractivity contribution in [2.75, 3.05) is 18.4 Å². The molecule has 0 bridgehead atoms. The molecule has 1 saturated heterocycles. The fraction of sp³-hybridized carbons (Fsp3) is 0.727. The Bertz CT molecular complexity index is 870. The van der Waals surface area contributed by atoms with Crippen molar-refractivity contribution in [1.29, 1.82) is 0 Å². The number of aromatic nitrogens is 2. The number of thiophene rings is 1. The summed E-state index contributed by atoms with van der Waals surface area (Å²) in [6.45, 7) is 5.05. The van der Waals surface area contributed by atoms with Crippen molar-refractivity contribution in [2.24, 2.45) is 0 Å². The van der Waals surface area contributed by atoms with Crippen LogP contribution in [-0.4, -0.2) is 46.0 Å². The summed E-state index contributed by atoms with van der Waals surface area (Å²) in [6, 6.07) is 0.794. The number of fused-ring (bicyclic) bond motifs is 3. The number of hydrogen-bond donors (Lipinski definition) is 1. The standard InChI is InChI=1S/C20H25ClF2N4S.C2H6/c21-19-25-17(16-14-2-1-3-15(14)28-18(16)26-19)24-12-4-6-13(7-5-12)27-10-8-20(22,23)9-11-27;1-2/h12-13H,1-11H2,(H,24,25,26);1-2H3. The van der Waals surface area contributed by atoms with Crippen molar-refractivity contribution in [3.05, 3.63) is 15.7 Å². The molecule has 0 radical (unpaired) electrons. The number of rotatable bonds is 3. The molecule has 166 valence electrons. The molecule has 1 aliphatic heterocycles. The van der Waals surface area contributed by atoms with Crippen molar-refractivity contribution in [3.8, 4) is 0 Å². The lowest BCUT2D eigenvalue weighted by molar-refractivity contribution is -0.0657. The predicted octanol–water partition coefficient (Wildman–Crippen LogP) is 6.31. The van der Waals surface area contributed by atoms with Gasteiger partial charge in [0.2, 0.25) is 5.28 Å². The third kappa shape index (κ3) is 4.58. The van der Waals surface area contributed by atoms with Crippen LogP contribution in [0.2, 0.25) is 5.28 Å². The molecule has 3 heterocycles. The van der Waals surface area contributed by atoms with Crippen LogP contribution in [0.1, 0.15) is 69.2 Å². The predicted molar refractivity (Wildman–Crippen MR) is 121 cm³/mol. The summed E-state index contributed by atoms with van der Waals surface area (Å²) < 4.78 is 26.8. The van der Waals surface area contributed by atoms with Crippen molar-refractivity contribution in [3.63, 3.8) is 0 Å². The van der Waals surface area contributed by atoms with Gasteiger partial charge < -0.3 is 5.32 Å². The van der Waals surface area contributed by atoms with E-state index in [-0.39, 0.29) is 12.8 Å². The molecule has 30 heavy (non-hydrogen) atoms. The Kier molecular flexibility index (Phi) is 6.80. The number of nitrogens with one attached hydrogen (secondary N) is 1. The molecule has 3 aliphatic rings. The van der Waals surface area contributed by atoms with Gasteiger partial charge in [-0.3, -0.25) is 4.90 Å². The highest BCUT2D eigenvalue weighted by Gasteiger charge is 2.37. The van der Waals surface area contributed by atoms with Gasteiger partial charge in [-0.15, -0.1) is 11.3 Å². The summed E-state index contributed by atoms with van der Waals surface area (Å²) in [5, 5.41) is 5.12. The molecule has 2 aromatic heterocycles. The maximum Gasteiger partial charge on any atom is 0.250 e. The summed E-state index contributed by atoms with van der Waals surface area (Å²) in [5.74, 6) is -1.58. The lowest BCUT2D eigenvalue weighted by atomic mass is 9.88. The summed E-state index contributed by atoms with van der Waals surface area (Å²) in [4.78, 5) is 13.7. The Balaban J connectivity index is 0.00000106. The number of piperidine rings is 1. The van der Waals surface area contributed by atoms with E-state index in [0.717, 1.165) is 49.2 Å². The van der Waals surface area contributed by atoms with Crippen molar-refractivity contribution < 1.29 is 8.78 Å². The summed E-state index contributed by atoms with van der Waals surface area (Å²) in [5.41, 5.74) is 1.40. The van der Waals surface area contributed by atoms with Crippen LogP contribution in [0, 0.1) is 0 Å².